The average molecular weight is 464 g/mol. The number of aliphatic hydroxyl groups is 1. The first-order valence-corrected chi connectivity index (χ1v) is 10.6. The molecular formula is C23H23Cl2NO5. The van der Waals surface area contributed by atoms with Crippen LogP contribution in [0, 0.1) is 0 Å². The van der Waals surface area contributed by atoms with Gasteiger partial charge in [0, 0.05) is 19.2 Å². The summed E-state index contributed by atoms with van der Waals surface area (Å²) in [6, 6.07) is 10.9. The fourth-order valence-corrected chi connectivity index (χ4v) is 3.74. The molecule has 1 fully saturated rings. The first kappa shape index (κ1) is 23.1. The number of nitrogens with zero attached hydrogens (tertiary/aromatic N) is 1. The van der Waals surface area contributed by atoms with E-state index in [1.54, 1.807) is 30.3 Å². The number of benzene rings is 2. The lowest BCUT2D eigenvalue weighted by Gasteiger charge is -2.25. The van der Waals surface area contributed by atoms with Gasteiger partial charge < -0.3 is 19.5 Å². The van der Waals surface area contributed by atoms with Gasteiger partial charge in [0.05, 0.1) is 34.9 Å². The first-order valence-electron chi connectivity index (χ1n) is 9.84. The molecule has 1 saturated heterocycles. The minimum Gasteiger partial charge on any atom is -0.507 e. The van der Waals surface area contributed by atoms with Crippen LogP contribution >= 0.6 is 23.2 Å². The van der Waals surface area contributed by atoms with Crippen molar-refractivity contribution in [2.24, 2.45) is 0 Å². The van der Waals surface area contributed by atoms with E-state index in [1.807, 2.05) is 6.92 Å². The van der Waals surface area contributed by atoms with Gasteiger partial charge >= 0.3 is 0 Å². The molecule has 1 atom stereocenters. The zero-order valence-electron chi connectivity index (χ0n) is 17.2. The number of amides is 1. The molecule has 3 rings (SSSR count). The zero-order chi connectivity index (χ0) is 22.5. The van der Waals surface area contributed by atoms with Gasteiger partial charge in [-0.3, -0.25) is 9.59 Å². The quantitative estimate of drug-likeness (QED) is 0.344. The minimum absolute atomic E-state index is 0.0212. The molecule has 1 unspecified atom stereocenters. The molecule has 2 aromatic rings. The van der Waals surface area contributed by atoms with Crippen LogP contribution in [0.1, 0.15) is 30.5 Å². The van der Waals surface area contributed by atoms with Crippen LogP contribution in [0.2, 0.25) is 10.0 Å². The Morgan fingerprint density at radius 1 is 1.10 bits per heavy atom. The van der Waals surface area contributed by atoms with Gasteiger partial charge in [-0.15, -0.1) is 0 Å². The SMILES string of the molecule is CCCOc1cccc(C2/C(=C(/O)c3ccc(Cl)c(Cl)c3)C(=O)C(=O)N2CCOC)c1. The Kier molecular flexibility index (Phi) is 7.59. The number of hydrogen-bond acceptors (Lipinski definition) is 5. The second-order valence-corrected chi connectivity index (χ2v) is 7.85. The summed E-state index contributed by atoms with van der Waals surface area (Å²) in [5.74, 6) is -1.18. The number of ether oxygens (including phenoxy) is 2. The molecule has 0 aliphatic carbocycles. The van der Waals surface area contributed by atoms with Crippen molar-refractivity contribution in [2.75, 3.05) is 26.9 Å². The summed E-state index contributed by atoms with van der Waals surface area (Å²) in [4.78, 5) is 27.2. The summed E-state index contributed by atoms with van der Waals surface area (Å²) >= 11 is 12.1. The lowest BCUT2D eigenvalue weighted by atomic mass is 9.95. The number of carbonyl (C=O) groups excluding carboxylic acids is 2. The molecule has 1 amide bonds. The Morgan fingerprint density at radius 3 is 2.55 bits per heavy atom. The predicted molar refractivity (Wildman–Crippen MR) is 120 cm³/mol. The second kappa shape index (κ2) is 10.2. The summed E-state index contributed by atoms with van der Waals surface area (Å²) in [6.45, 7) is 2.96. The average Bonchev–Trinajstić information content (AvgIpc) is 3.02. The van der Waals surface area contributed by atoms with Crippen LogP contribution < -0.4 is 4.74 Å². The number of ketones is 1. The highest BCUT2D eigenvalue weighted by molar-refractivity contribution is 6.46. The van der Waals surface area contributed by atoms with E-state index < -0.39 is 17.7 Å². The summed E-state index contributed by atoms with van der Waals surface area (Å²) < 4.78 is 10.8. The Balaban J connectivity index is 2.14. The predicted octanol–water partition coefficient (Wildman–Crippen LogP) is 4.85. The van der Waals surface area contributed by atoms with Gasteiger partial charge in [-0.05, 0) is 42.3 Å². The van der Waals surface area contributed by atoms with Gasteiger partial charge in [-0.1, -0.05) is 42.3 Å². The largest absolute Gasteiger partial charge is 0.507 e. The van der Waals surface area contributed by atoms with Crippen LogP contribution in [0.15, 0.2) is 48.0 Å². The Labute approximate surface area is 191 Å². The van der Waals surface area contributed by atoms with Gasteiger partial charge in [0.25, 0.3) is 11.7 Å². The van der Waals surface area contributed by atoms with Crippen molar-refractivity contribution >= 4 is 40.7 Å². The molecule has 31 heavy (non-hydrogen) atoms. The third-order valence-electron chi connectivity index (χ3n) is 4.92. The van der Waals surface area contributed by atoms with E-state index in [4.69, 9.17) is 32.7 Å². The summed E-state index contributed by atoms with van der Waals surface area (Å²) in [7, 11) is 1.51. The van der Waals surface area contributed by atoms with E-state index in [-0.39, 0.29) is 29.5 Å². The number of carbonyl (C=O) groups is 2. The van der Waals surface area contributed by atoms with Crippen molar-refractivity contribution in [2.45, 2.75) is 19.4 Å². The maximum absolute atomic E-state index is 12.9. The monoisotopic (exact) mass is 463 g/mol. The molecule has 0 bridgehead atoms. The number of likely N-dealkylation sites (tertiary alicyclic amines) is 1. The zero-order valence-corrected chi connectivity index (χ0v) is 18.7. The number of halogens is 2. The smallest absolute Gasteiger partial charge is 0.295 e. The van der Waals surface area contributed by atoms with E-state index in [1.165, 1.54) is 24.1 Å². The van der Waals surface area contributed by atoms with Crippen LogP contribution in [0.25, 0.3) is 5.76 Å². The summed E-state index contributed by atoms with van der Waals surface area (Å²) in [6.07, 6.45) is 0.841. The standard InChI is InChI=1S/C23H23Cl2NO5/c1-3-10-31-16-6-4-5-14(12-16)20-19(22(28)23(29)26(20)9-11-30-2)21(27)15-7-8-17(24)18(25)13-15/h4-8,12-13,20,27H,3,9-11H2,1-2H3/b21-19-. The van der Waals surface area contributed by atoms with Gasteiger partial charge in [-0.2, -0.15) is 0 Å². The maximum atomic E-state index is 12.9. The van der Waals surface area contributed by atoms with E-state index in [9.17, 15) is 14.7 Å². The topological polar surface area (TPSA) is 76.1 Å². The van der Waals surface area contributed by atoms with Crippen molar-refractivity contribution in [1.82, 2.24) is 4.90 Å². The highest BCUT2D eigenvalue weighted by Gasteiger charge is 2.46. The van der Waals surface area contributed by atoms with Crippen LogP contribution in [-0.2, 0) is 14.3 Å². The van der Waals surface area contributed by atoms with Gasteiger partial charge in [-0.25, -0.2) is 0 Å². The number of hydrogen-bond donors (Lipinski definition) is 1. The molecule has 0 spiro atoms. The van der Waals surface area contributed by atoms with Crippen molar-refractivity contribution in [3.05, 3.63) is 69.2 Å². The van der Waals surface area contributed by atoms with E-state index in [0.29, 0.717) is 28.5 Å². The van der Waals surface area contributed by atoms with Gasteiger partial charge in [0.15, 0.2) is 0 Å². The molecule has 1 aliphatic heterocycles. The molecule has 1 heterocycles. The highest BCUT2D eigenvalue weighted by atomic mass is 35.5. The van der Waals surface area contributed by atoms with Crippen molar-refractivity contribution < 1.29 is 24.2 Å². The second-order valence-electron chi connectivity index (χ2n) is 7.04. The molecule has 6 nitrogen and oxygen atoms in total. The number of Topliss-reactive ketones (excluding diaryl/α,β-unsaturated/α-hetero) is 1. The molecule has 164 valence electrons. The summed E-state index contributed by atoms with van der Waals surface area (Å²) in [5, 5.41) is 11.6. The Morgan fingerprint density at radius 2 is 1.87 bits per heavy atom. The third kappa shape index (κ3) is 4.87. The van der Waals surface area contributed by atoms with Gasteiger partial charge in [0.1, 0.15) is 11.5 Å². The van der Waals surface area contributed by atoms with E-state index >= 15 is 0 Å². The fraction of sp³-hybridized carbons (Fsp3) is 0.304. The van der Waals surface area contributed by atoms with Crippen LogP contribution in [0.3, 0.4) is 0 Å². The fourth-order valence-electron chi connectivity index (χ4n) is 3.44. The molecule has 8 heteroatoms. The third-order valence-corrected chi connectivity index (χ3v) is 5.66. The molecule has 1 aliphatic rings. The molecule has 2 aromatic carbocycles. The van der Waals surface area contributed by atoms with Crippen LogP contribution in [0.5, 0.6) is 5.75 Å². The van der Waals surface area contributed by atoms with Crippen molar-refractivity contribution in [3.8, 4) is 5.75 Å². The summed E-state index contributed by atoms with van der Waals surface area (Å²) in [5.41, 5.74) is 0.917. The normalized spacial score (nSPS) is 17.9. The van der Waals surface area contributed by atoms with E-state index in [0.717, 1.165) is 6.42 Å². The highest BCUT2D eigenvalue weighted by Crippen LogP contribution is 2.40. The van der Waals surface area contributed by atoms with Crippen molar-refractivity contribution in [3.63, 3.8) is 0 Å². The number of methoxy groups -OCH3 is 1. The molecule has 0 saturated carbocycles. The van der Waals surface area contributed by atoms with E-state index in [2.05, 4.69) is 0 Å². The number of rotatable bonds is 8. The van der Waals surface area contributed by atoms with Crippen molar-refractivity contribution in [1.29, 1.82) is 0 Å². The van der Waals surface area contributed by atoms with Gasteiger partial charge in [0.2, 0.25) is 0 Å². The maximum Gasteiger partial charge on any atom is 0.295 e. The Bertz CT molecular complexity index is 1020. The first-order chi connectivity index (χ1) is 14.9. The number of aliphatic hydroxyl groups excluding tert-OH is 1. The lowest BCUT2D eigenvalue weighted by Crippen LogP contribution is -2.32. The van der Waals surface area contributed by atoms with Crippen LogP contribution in [0.4, 0.5) is 0 Å². The van der Waals surface area contributed by atoms with Crippen LogP contribution in [-0.4, -0.2) is 48.6 Å². The lowest BCUT2D eigenvalue weighted by molar-refractivity contribution is -0.140. The molecule has 0 aromatic heterocycles. The molecule has 0 radical (unpaired) electrons. The minimum atomic E-state index is -0.796. The molecular weight excluding hydrogens is 441 g/mol. The molecule has 1 N–H and O–H groups in total. The Hall–Kier alpha value is -2.54.